The van der Waals surface area contributed by atoms with Crippen molar-refractivity contribution < 1.29 is 14.5 Å². The van der Waals surface area contributed by atoms with Gasteiger partial charge >= 0.3 is 8.05 Å². The highest BCUT2D eigenvalue weighted by molar-refractivity contribution is 6.18. The quantitative estimate of drug-likeness (QED) is 0.236. The molecular weight excluding hydrogens is 288 g/mol. The molecular formula is C15H23BClNO3. The van der Waals surface area contributed by atoms with E-state index in [4.69, 9.17) is 21.0 Å². The van der Waals surface area contributed by atoms with Crippen LogP contribution in [0.5, 0.6) is 5.75 Å². The van der Waals surface area contributed by atoms with Crippen LogP contribution >= 0.6 is 11.6 Å². The summed E-state index contributed by atoms with van der Waals surface area (Å²) in [7, 11) is 1.52. The second-order valence-electron chi connectivity index (χ2n) is 4.83. The molecule has 1 rings (SSSR count). The second-order valence-corrected chi connectivity index (χ2v) is 5.14. The van der Waals surface area contributed by atoms with Crippen molar-refractivity contribution in [2.24, 2.45) is 4.99 Å². The van der Waals surface area contributed by atoms with Gasteiger partial charge in [-0.15, -0.1) is 11.6 Å². The molecule has 0 aliphatic carbocycles. The minimum absolute atomic E-state index is 0.143. The first kappa shape index (κ1) is 17.9. The molecule has 0 fully saturated rings. The number of aliphatic hydroxyl groups excluding tert-OH is 1. The minimum atomic E-state index is -0.696. The zero-order valence-corrected chi connectivity index (χ0v) is 13.4. The van der Waals surface area contributed by atoms with E-state index in [0.717, 1.165) is 30.8 Å². The highest BCUT2D eigenvalue weighted by Crippen LogP contribution is 2.16. The van der Waals surface area contributed by atoms with Gasteiger partial charge in [0.05, 0.1) is 24.6 Å². The van der Waals surface area contributed by atoms with Crippen molar-refractivity contribution in [3.8, 4) is 5.75 Å². The molecule has 0 unspecified atom stereocenters. The van der Waals surface area contributed by atoms with Gasteiger partial charge in [-0.1, -0.05) is 25.5 Å². The fourth-order valence-corrected chi connectivity index (χ4v) is 2.03. The number of hydrogen-bond donors (Lipinski definition) is 1. The normalized spacial score (nSPS) is 14.0. The van der Waals surface area contributed by atoms with Crippen LogP contribution in [0, 0.1) is 0 Å². The van der Waals surface area contributed by atoms with E-state index in [1.54, 1.807) is 0 Å². The Hall–Kier alpha value is -1.20. The zero-order valence-electron chi connectivity index (χ0n) is 12.7. The summed E-state index contributed by atoms with van der Waals surface area (Å²) in [5, 5.41) is 9.88. The van der Waals surface area contributed by atoms with E-state index in [-0.39, 0.29) is 11.9 Å². The molecule has 0 radical (unpaired) electrons. The van der Waals surface area contributed by atoms with Crippen LogP contribution in [0.1, 0.15) is 25.3 Å². The first-order valence-corrected chi connectivity index (χ1v) is 7.74. The van der Waals surface area contributed by atoms with E-state index in [9.17, 15) is 5.11 Å². The monoisotopic (exact) mass is 311 g/mol. The summed E-state index contributed by atoms with van der Waals surface area (Å²) in [5.41, 5.74) is 1.07. The van der Waals surface area contributed by atoms with Crippen LogP contribution in [0.4, 0.5) is 0 Å². The second kappa shape index (κ2) is 10.5. The molecule has 1 N–H and O–H groups in total. The standard InChI is InChI=1S/C15H23BClNO3/c1-2-3-8-20-13-6-4-12(5-7-13)9-14(15(19)10-17)18-11-21-16/h4-7,11,14-15,19H,2-3,8-10,16H2,1H3/t14-,15+/m0/s1. The molecule has 1 aromatic carbocycles. The number of ether oxygens (including phenoxy) is 1. The molecule has 0 spiro atoms. The third-order valence-corrected chi connectivity index (χ3v) is 3.41. The molecule has 116 valence electrons. The lowest BCUT2D eigenvalue weighted by atomic mass is 10.0. The number of aliphatic imine (C=N–C) groups is 1. The van der Waals surface area contributed by atoms with Gasteiger partial charge in [-0.25, -0.2) is 0 Å². The van der Waals surface area contributed by atoms with Crippen LogP contribution in [0.15, 0.2) is 29.3 Å². The molecule has 0 saturated heterocycles. The lowest BCUT2D eigenvalue weighted by Gasteiger charge is -2.17. The highest BCUT2D eigenvalue weighted by Gasteiger charge is 2.17. The molecule has 0 aliphatic rings. The summed E-state index contributed by atoms with van der Waals surface area (Å²) in [6.45, 7) is 2.87. The maximum atomic E-state index is 9.88. The number of unbranched alkanes of at least 4 members (excludes halogenated alkanes) is 1. The van der Waals surface area contributed by atoms with Crippen LogP contribution < -0.4 is 4.74 Å². The Morgan fingerprint density at radius 2 is 2.10 bits per heavy atom. The van der Waals surface area contributed by atoms with Gasteiger partial charge in [0, 0.05) is 0 Å². The Kier molecular flexibility index (Phi) is 8.94. The van der Waals surface area contributed by atoms with E-state index < -0.39 is 6.10 Å². The van der Waals surface area contributed by atoms with Gasteiger partial charge in [0.2, 0.25) is 0 Å². The number of aliphatic hydroxyl groups is 1. The summed E-state index contributed by atoms with van der Waals surface area (Å²) in [4.78, 5) is 4.18. The molecule has 0 saturated carbocycles. The third-order valence-electron chi connectivity index (χ3n) is 3.09. The lowest BCUT2D eigenvalue weighted by molar-refractivity contribution is 0.167. The molecule has 0 amide bonds. The van der Waals surface area contributed by atoms with Crippen molar-refractivity contribution in [2.75, 3.05) is 12.5 Å². The highest BCUT2D eigenvalue weighted by atomic mass is 35.5. The third kappa shape index (κ3) is 6.87. The van der Waals surface area contributed by atoms with E-state index in [1.165, 1.54) is 14.4 Å². The summed E-state index contributed by atoms with van der Waals surface area (Å²) in [6.07, 6.45) is 3.41. The van der Waals surface area contributed by atoms with Crippen LogP contribution in [-0.4, -0.2) is 44.2 Å². The first-order valence-electron chi connectivity index (χ1n) is 7.21. The smallest absolute Gasteiger partial charge is 0.323 e. The molecule has 0 bridgehead atoms. The van der Waals surface area contributed by atoms with Crippen molar-refractivity contribution in [3.05, 3.63) is 29.8 Å². The van der Waals surface area contributed by atoms with Gasteiger partial charge in [-0.2, -0.15) is 0 Å². The fourth-order valence-electron chi connectivity index (χ4n) is 1.83. The SMILES string of the molecule is BOC=N[C@@H](Cc1ccc(OCCCC)cc1)[C@H](O)CCl. The number of rotatable bonds is 10. The zero-order chi connectivity index (χ0) is 15.5. The van der Waals surface area contributed by atoms with Gasteiger partial charge in [0.15, 0.2) is 6.40 Å². The van der Waals surface area contributed by atoms with Crippen molar-refractivity contribution in [2.45, 2.75) is 38.3 Å². The van der Waals surface area contributed by atoms with E-state index in [0.29, 0.717) is 6.42 Å². The number of hydrogen-bond acceptors (Lipinski definition) is 4. The molecule has 0 aromatic heterocycles. The van der Waals surface area contributed by atoms with Crippen molar-refractivity contribution in [1.29, 1.82) is 0 Å². The van der Waals surface area contributed by atoms with Crippen LogP contribution in [-0.2, 0) is 11.1 Å². The molecule has 4 nitrogen and oxygen atoms in total. The van der Waals surface area contributed by atoms with Gasteiger partial charge in [0.25, 0.3) is 0 Å². The van der Waals surface area contributed by atoms with E-state index in [1.807, 2.05) is 24.3 Å². The summed E-state index contributed by atoms with van der Waals surface area (Å²) < 4.78 is 10.4. The molecule has 0 heterocycles. The molecule has 0 aliphatic heterocycles. The number of nitrogens with zero attached hydrogens (tertiary/aromatic N) is 1. The average Bonchev–Trinajstić information content (AvgIpc) is 2.52. The first-order chi connectivity index (χ1) is 10.2. The Bertz CT molecular complexity index is 414. The van der Waals surface area contributed by atoms with Gasteiger partial charge in [-0.3, -0.25) is 4.99 Å². The fraction of sp³-hybridized carbons (Fsp3) is 0.533. The van der Waals surface area contributed by atoms with Gasteiger partial charge < -0.3 is 14.5 Å². The predicted octanol–water partition coefficient (Wildman–Crippen LogP) is 1.97. The Balaban J connectivity index is 2.60. The molecule has 1 aromatic rings. The summed E-state index contributed by atoms with van der Waals surface area (Å²) in [6, 6.07) is 7.54. The average molecular weight is 312 g/mol. The van der Waals surface area contributed by atoms with Crippen LogP contribution in [0.3, 0.4) is 0 Å². The number of benzene rings is 1. The topological polar surface area (TPSA) is 51.0 Å². The van der Waals surface area contributed by atoms with Crippen molar-refractivity contribution >= 4 is 26.1 Å². The van der Waals surface area contributed by atoms with Crippen LogP contribution in [0.2, 0.25) is 0 Å². The molecule has 6 heteroatoms. The van der Waals surface area contributed by atoms with E-state index in [2.05, 4.69) is 11.9 Å². The molecule has 2 atom stereocenters. The minimum Gasteiger partial charge on any atom is -0.560 e. The van der Waals surface area contributed by atoms with Crippen LogP contribution in [0.25, 0.3) is 0 Å². The van der Waals surface area contributed by atoms with Gasteiger partial charge in [0.1, 0.15) is 5.75 Å². The molecule has 21 heavy (non-hydrogen) atoms. The predicted molar refractivity (Wildman–Crippen MR) is 89.2 cm³/mol. The summed E-state index contributed by atoms with van der Waals surface area (Å²) in [5.74, 6) is 1.01. The summed E-state index contributed by atoms with van der Waals surface area (Å²) >= 11 is 5.70. The lowest BCUT2D eigenvalue weighted by Crippen LogP contribution is -2.28. The number of halogens is 1. The number of alkyl halides is 1. The maximum absolute atomic E-state index is 9.88. The van der Waals surface area contributed by atoms with Crippen molar-refractivity contribution in [1.82, 2.24) is 0 Å². The largest absolute Gasteiger partial charge is 0.560 e. The van der Waals surface area contributed by atoms with Crippen molar-refractivity contribution in [3.63, 3.8) is 0 Å². The Morgan fingerprint density at radius 3 is 2.67 bits per heavy atom. The Morgan fingerprint density at radius 1 is 1.38 bits per heavy atom. The van der Waals surface area contributed by atoms with E-state index >= 15 is 0 Å². The maximum Gasteiger partial charge on any atom is 0.323 e. The van der Waals surface area contributed by atoms with Gasteiger partial charge in [-0.05, 0) is 30.5 Å². The Labute approximate surface area is 132 Å².